The summed E-state index contributed by atoms with van der Waals surface area (Å²) >= 11 is 0. The molecule has 2 aromatic heterocycles. The van der Waals surface area contributed by atoms with Gasteiger partial charge in [-0.15, -0.1) is 6.42 Å². The van der Waals surface area contributed by atoms with E-state index in [1.54, 1.807) is 6.20 Å². The van der Waals surface area contributed by atoms with Crippen LogP contribution in [-0.4, -0.2) is 69.5 Å². The van der Waals surface area contributed by atoms with Crippen LogP contribution in [0.1, 0.15) is 50.5 Å². The summed E-state index contributed by atoms with van der Waals surface area (Å²) in [6.07, 6.45) is 13.1. The summed E-state index contributed by atoms with van der Waals surface area (Å²) in [7, 11) is 0. The topological polar surface area (TPSA) is 74.6 Å². The third-order valence-electron chi connectivity index (χ3n) is 10.5. The molecule has 4 aromatic rings. The van der Waals surface area contributed by atoms with Gasteiger partial charge < -0.3 is 14.7 Å². The zero-order valence-electron chi connectivity index (χ0n) is 24.9. The number of benzene rings is 2. The van der Waals surface area contributed by atoms with E-state index in [1.807, 2.05) is 0 Å². The SMILES string of the molecule is C#Cc1c(F)ccc2cc(O)cc(-c3ncc4c(N5CC6CCC(CC6)C5)nc(OC[C@@]56CCCN5C[C@H](F)C6)nc4c3F)c12. The molecule has 2 aromatic carbocycles. The van der Waals surface area contributed by atoms with Crippen molar-refractivity contribution < 1.29 is 23.0 Å². The van der Waals surface area contributed by atoms with Gasteiger partial charge in [0.2, 0.25) is 0 Å². The molecule has 0 amide bonds. The van der Waals surface area contributed by atoms with Gasteiger partial charge in [0.15, 0.2) is 5.82 Å². The number of anilines is 1. The second-order valence-electron chi connectivity index (χ2n) is 13.3. The van der Waals surface area contributed by atoms with Gasteiger partial charge in [0.1, 0.15) is 41.4 Å². The molecule has 4 aliphatic heterocycles. The Bertz CT molecular complexity index is 1860. The van der Waals surface area contributed by atoms with Crippen LogP contribution in [0.5, 0.6) is 11.8 Å². The van der Waals surface area contributed by atoms with Crippen LogP contribution < -0.4 is 9.64 Å². The Morgan fingerprint density at radius 3 is 2.60 bits per heavy atom. The molecule has 5 fully saturated rings. The average molecular weight is 614 g/mol. The van der Waals surface area contributed by atoms with Gasteiger partial charge in [0.25, 0.3) is 0 Å². The minimum atomic E-state index is -0.907. The lowest BCUT2D eigenvalue weighted by atomic mass is 9.84. The maximum absolute atomic E-state index is 16.8. The fourth-order valence-electron chi connectivity index (χ4n) is 8.38. The van der Waals surface area contributed by atoms with E-state index < -0.39 is 23.3 Å². The molecule has 9 rings (SSSR count). The maximum Gasteiger partial charge on any atom is 0.319 e. The lowest BCUT2D eigenvalue weighted by molar-refractivity contribution is 0.107. The van der Waals surface area contributed by atoms with Crippen LogP contribution in [0.25, 0.3) is 32.9 Å². The number of nitrogens with zero attached hydrogens (tertiary/aromatic N) is 5. The van der Waals surface area contributed by atoms with Crippen molar-refractivity contribution in [2.24, 2.45) is 11.8 Å². The van der Waals surface area contributed by atoms with Gasteiger partial charge in [-0.1, -0.05) is 12.0 Å². The Labute approximate surface area is 259 Å². The highest BCUT2D eigenvalue weighted by Gasteiger charge is 2.49. The largest absolute Gasteiger partial charge is 0.508 e. The predicted molar refractivity (Wildman–Crippen MR) is 166 cm³/mol. The molecule has 5 aliphatic rings. The Kier molecular flexibility index (Phi) is 6.79. The van der Waals surface area contributed by atoms with Crippen LogP contribution in [0, 0.1) is 35.8 Å². The van der Waals surface area contributed by atoms with Crippen LogP contribution in [0.15, 0.2) is 30.5 Å². The highest BCUT2D eigenvalue weighted by atomic mass is 19.1. The summed E-state index contributed by atoms with van der Waals surface area (Å²) < 4.78 is 52.4. The summed E-state index contributed by atoms with van der Waals surface area (Å²) in [4.78, 5) is 18.3. The number of phenolic OH excluding ortho intramolecular Hbond substituents is 1. The van der Waals surface area contributed by atoms with E-state index in [0.29, 0.717) is 41.4 Å². The Balaban J connectivity index is 1.28. The Morgan fingerprint density at radius 2 is 1.84 bits per heavy atom. The number of phenols is 1. The zero-order valence-corrected chi connectivity index (χ0v) is 24.9. The fourth-order valence-corrected chi connectivity index (χ4v) is 8.38. The highest BCUT2D eigenvalue weighted by Crippen LogP contribution is 2.43. The van der Waals surface area contributed by atoms with Crippen molar-refractivity contribution in [3.8, 4) is 35.4 Å². The van der Waals surface area contributed by atoms with Crippen LogP contribution in [-0.2, 0) is 0 Å². The molecule has 45 heavy (non-hydrogen) atoms. The molecule has 0 spiro atoms. The number of hydrogen-bond acceptors (Lipinski definition) is 7. The summed E-state index contributed by atoms with van der Waals surface area (Å²) in [6, 6.07) is 5.54. The number of terminal acetylenes is 1. The predicted octanol–water partition coefficient (Wildman–Crippen LogP) is 6.39. The summed E-state index contributed by atoms with van der Waals surface area (Å²) in [5, 5.41) is 11.7. The van der Waals surface area contributed by atoms with Crippen LogP contribution >= 0.6 is 0 Å². The number of aromatic hydroxyl groups is 1. The maximum atomic E-state index is 16.8. The van der Waals surface area contributed by atoms with Crippen LogP contribution in [0.4, 0.5) is 19.0 Å². The highest BCUT2D eigenvalue weighted by molar-refractivity contribution is 6.03. The number of rotatable bonds is 5. The smallest absolute Gasteiger partial charge is 0.319 e. The molecule has 232 valence electrons. The number of ether oxygens (including phenoxy) is 1. The van der Waals surface area contributed by atoms with Crippen LogP contribution in [0.3, 0.4) is 0 Å². The van der Waals surface area contributed by atoms with Crippen molar-refractivity contribution >= 4 is 27.5 Å². The quantitative estimate of drug-likeness (QED) is 0.262. The Morgan fingerprint density at radius 1 is 1.07 bits per heavy atom. The molecule has 1 aliphatic carbocycles. The molecule has 0 radical (unpaired) electrons. The molecular weight excluding hydrogens is 579 g/mol. The molecule has 0 unspecified atom stereocenters. The van der Waals surface area contributed by atoms with Crippen molar-refractivity contribution in [2.45, 2.75) is 56.7 Å². The van der Waals surface area contributed by atoms with Gasteiger partial charge in [0, 0.05) is 43.2 Å². The lowest BCUT2D eigenvalue weighted by Gasteiger charge is -2.31. The molecule has 10 heteroatoms. The Hall–Kier alpha value is -4.10. The molecular formula is C35H34F3N5O2. The first-order valence-corrected chi connectivity index (χ1v) is 15.9. The molecule has 1 N–H and O–H groups in total. The van der Waals surface area contributed by atoms with Gasteiger partial charge in [-0.25, -0.2) is 13.2 Å². The molecule has 1 saturated carbocycles. The molecule has 7 nitrogen and oxygen atoms in total. The minimum absolute atomic E-state index is 0.0160. The van der Waals surface area contributed by atoms with Crippen molar-refractivity contribution in [3.05, 3.63) is 47.7 Å². The number of alkyl halides is 1. The van der Waals surface area contributed by atoms with Gasteiger partial charge in [-0.3, -0.25) is 9.88 Å². The number of aromatic nitrogens is 3. The van der Waals surface area contributed by atoms with E-state index in [1.165, 1.54) is 24.3 Å². The van der Waals surface area contributed by atoms with Gasteiger partial charge >= 0.3 is 6.01 Å². The number of pyridine rings is 1. The molecule has 2 atom stereocenters. The second-order valence-corrected chi connectivity index (χ2v) is 13.3. The van der Waals surface area contributed by atoms with Crippen molar-refractivity contribution in [1.82, 2.24) is 19.9 Å². The molecule has 2 bridgehead atoms. The van der Waals surface area contributed by atoms with E-state index in [4.69, 9.17) is 16.1 Å². The first kappa shape index (κ1) is 28.4. The second kappa shape index (κ2) is 10.8. The van der Waals surface area contributed by atoms with E-state index in [-0.39, 0.29) is 46.1 Å². The van der Waals surface area contributed by atoms with Gasteiger partial charge in [-0.05, 0) is 80.5 Å². The monoisotopic (exact) mass is 613 g/mol. The van der Waals surface area contributed by atoms with Gasteiger partial charge in [-0.2, -0.15) is 9.97 Å². The summed E-state index contributed by atoms with van der Waals surface area (Å²) in [5.41, 5.74) is -0.402. The molecule has 6 heterocycles. The standard InChI is InChI=1S/C35H34F3N5O2/c1-2-25-28(37)9-8-22-12-24(44)13-26(29(22)25)31-30(38)32-27(15-39-31)33(42-16-20-4-5-21(17-42)7-6-20)41-34(40-32)45-19-35-10-3-11-43(35)18-23(36)14-35/h1,8-9,12-13,15,20-21,23,44H,3-7,10-11,14,16-19H2/t20?,21?,23-,35+/m1/s1. The first-order valence-electron chi connectivity index (χ1n) is 15.9. The zero-order chi connectivity index (χ0) is 30.9. The van der Waals surface area contributed by atoms with Crippen molar-refractivity contribution in [2.75, 3.05) is 37.7 Å². The van der Waals surface area contributed by atoms with E-state index >= 15 is 4.39 Å². The molecule has 4 saturated heterocycles. The van der Waals surface area contributed by atoms with Crippen molar-refractivity contribution in [3.63, 3.8) is 0 Å². The third kappa shape index (κ3) is 4.75. The van der Waals surface area contributed by atoms with Crippen LogP contribution in [0.2, 0.25) is 0 Å². The number of halogens is 3. The van der Waals surface area contributed by atoms with Gasteiger partial charge in [0.05, 0.1) is 16.5 Å². The normalized spacial score (nSPS) is 26.4. The van der Waals surface area contributed by atoms with Crippen molar-refractivity contribution in [1.29, 1.82) is 0 Å². The number of fused-ring (bicyclic) bond motifs is 7. The third-order valence-corrected chi connectivity index (χ3v) is 10.5. The van der Waals surface area contributed by atoms with E-state index in [9.17, 15) is 13.9 Å². The fraction of sp³-hybridized carbons (Fsp3) is 0.457. The number of hydrogen-bond donors (Lipinski definition) is 1. The average Bonchev–Trinajstić information content (AvgIpc) is 3.37. The first-order chi connectivity index (χ1) is 21.8. The summed E-state index contributed by atoms with van der Waals surface area (Å²) in [5.74, 6) is 2.49. The minimum Gasteiger partial charge on any atom is -0.508 e. The lowest BCUT2D eigenvalue weighted by Crippen LogP contribution is -2.43. The van der Waals surface area contributed by atoms with E-state index in [2.05, 4.69) is 25.7 Å². The summed E-state index contributed by atoms with van der Waals surface area (Å²) in [6.45, 7) is 3.03. The van der Waals surface area contributed by atoms with E-state index in [0.717, 1.165) is 58.2 Å².